The van der Waals surface area contributed by atoms with Gasteiger partial charge in [-0.05, 0) is 16.8 Å². The minimum absolute atomic E-state index is 0.210. The van der Waals surface area contributed by atoms with E-state index in [4.69, 9.17) is 5.26 Å². The highest BCUT2D eigenvalue weighted by atomic mass is 16.1. The third-order valence-corrected chi connectivity index (χ3v) is 2.87. The Kier molecular flexibility index (Phi) is 3.11. The predicted molar refractivity (Wildman–Crippen MR) is 72.1 cm³/mol. The fraction of sp³-hybridized carbons (Fsp3) is 0.0667. The maximum atomic E-state index is 12.0. The van der Waals surface area contributed by atoms with Crippen LogP contribution >= 0.6 is 0 Å². The minimum Gasteiger partial charge on any atom is -0.355 e. The van der Waals surface area contributed by atoms with Gasteiger partial charge in [0.15, 0.2) is 0 Å². The largest absolute Gasteiger partial charge is 0.355 e. The molecule has 0 atom stereocenters. The van der Waals surface area contributed by atoms with Crippen LogP contribution in [0.25, 0.3) is 16.8 Å². The highest BCUT2D eigenvalue weighted by Crippen LogP contribution is 2.26. The second kappa shape index (κ2) is 4.72. The number of benzene rings is 2. The van der Waals surface area contributed by atoms with Crippen molar-refractivity contribution in [3.63, 3.8) is 0 Å². The summed E-state index contributed by atoms with van der Waals surface area (Å²) in [6.07, 6.45) is 1.55. The molecule has 0 heterocycles. The minimum atomic E-state index is -0.210. The predicted octanol–water partition coefficient (Wildman–Crippen LogP) is 2.71. The number of rotatable bonds is 2. The summed E-state index contributed by atoms with van der Waals surface area (Å²) in [6, 6.07) is 11.4. The summed E-state index contributed by atoms with van der Waals surface area (Å²) in [5.41, 5.74) is 1.54. The molecular weight excluding hydrogens is 224 g/mol. The topological polar surface area (TPSA) is 52.9 Å². The summed E-state index contributed by atoms with van der Waals surface area (Å²) >= 11 is 0. The second-order valence-corrected chi connectivity index (χ2v) is 3.83. The van der Waals surface area contributed by atoms with E-state index >= 15 is 0 Å². The molecule has 0 aliphatic carbocycles. The molecule has 0 unspecified atom stereocenters. The Morgan fingerprint density at radius 1 is 1.44 bits per heavy atom. The Labute approximate surface area is 105 Å². The number of carbonyl (C=O) groups is 1. The first kappa shape index (κ1) is 11.9. The zero-order valence-electron chi connectivity index (χ0n) is 10.0. The summed E-state index contributed by atoms with van der Waals surface area (Å²) in [7, 11) is 1.57. The van der Waals surface area contributed by atoms with Gasteiger partial charge in [0, 0.05) is 12.6 Å². The first-order chi connectivity index (χ1) is 8.72. The van der Waals surface area contributed by atoms with Gasteiger partial charge in [-0.2, -0.15) is 5.26 Å². The fourth-order valence-corrected chi connectivity index (χ4v) is 2.04. The van der Waals surface area contributed by atoms with E-state index in [-0.39, 0.29) is 5.91 Å². The number of nitrogens with one attached hydrogen (secondary N) is 1. The van der Waals surface area contributed by atoms with Crippen molar-refractivity contribution in [2.24, 2.45) is 0 Å². The molecule has 0 saturated heterocycles. The molecule has 3 nitrogen and oxygen atoms in total. The summed E-state index contributed by atoms with van der Waals surface area (Å²) in [4.78, 5) is 12.0. The molecule has 2 aromatic carbocycles. The molecular formula is C15H12N2O. The van der Waals surface area contributed by atoms with E-state index in [9.17, 15) is 4.79 Å². The van der Waals surface area contributed by atoms with Gasteiger partial charge in [-0.25, -0.2) is 0 Å². The molecule has 0 spiro atoms. The normalized spacial score (nSPS) is 9.78. The molecule has 1 amide bonds. The van der Waals surface area contributed by atoms with Crippen molar-refractivity contribution in [3.8, 4) is 6.07 Å². The molecule has 1 N–H and O–H groups in total. The lowest BCUT2D eigenvalue weighted by molar-refractivity contribution is 0.0964. The van der Waals surface area contributed by atoms with E-state index in [1.54, 1.807) is 19.2 Å². The Bertz CT molecular complexity index is 681. The molecule has 0 radical (unpaired) electrons. The first-order valence-corrected chi connectivity index (χ1v) is 5.53. The van der Waals surface area contributed by atoms with Crippen molar-refractivity contribution in [2.75, 3.05) is 7.05 Å². The van der Waals surface area contributed by atoms with Gasteiger partial charge in [0.05, 0.1) is 17.2 Å². The number of hydrogen-bond donors (Lipinski definition) is 1. The molecule has 0 saturated carbocycles. The molecule has 0 aliphatic rings. The van der Waals surface area contributed by atoms with Gasteiger partial charge in [0.2, 0.25) is 0 Å². The van der Waals surface area contributed by atoms with Crippen LogP contribution in [0.15, 0.2) is 36.9 Å². The number of carbonyl (C=O) groups excluding carboxylic acids is 1. The van der Waals surface area contributed by atoms with E-state index in [1.165, 1.54) is 0 Å². The molecule has 2 aromatic rings. The van der Waals surface area contributed by atoms with E-state index in [1.807, 2.05) is 24.3 Å². The number of fused-ring (bicyclic) bond motifs is 1. The molecule has 0 bridgehead atoms. The van der Waals surface area contributed by atoms with Crippen molar-refractivity contribution < 1.29 is 4.79 Å². The van der Waals surface area contributed by atoms with Crippen molar-refractivity contribution in [3.05, 3.63) is 53.6 Å². The fourth-order valence-electron chi connectivity index (χ4n) is 2.04. The van der Waals surface area contributed by atoms with Crippen LogP contribution in [-0.4, -0.2) is 13.0 Å². The molecule has 2 rings (SSSR count). The van der Waals surface area contributed by atoms with Crippen molar-refractivity contribution in [2.45, 2.75) is 0 Å². The SMILES string of the molecule is C=Cc1c(C#N)cc2ccccc2c1C(=O)NC. The van der Waals surface area contributed by atoms with E-state index in [2.05, 4.69) is 18.0 Å². The average molecular weight is 236 g/mol. The Hall–Kier alpha value is -2.60. The summed E-state index contributed by atoms with van der Waals surface area (Å²) in [6.45, 7) is 3.69. The van der Waals surface area contributed by atoms with Gasteiger partial charge in [-0.3, -0.25) is 4.79 Å². The van der Waals surface area contributed by atoms with Crippen molar-refractivity contribution in [1.29, 1.82) is 5.26 Å². The molecule has 3 heteroatoms. The quantitative estimate of drug-likeness (QED) is 0.871. The Balaban J connectivity index is 2.96. The number of amides is 1. The van der Waals surface area contributed by atoms with Crippen LogP contribution in [0.1, 0.15) is 21.5 Å². The van der Waals surface area contributed by atoms with Crippen LogP contribution < -0.4 is 5.32 Å². The van der Waals surface area contributed by atoms with Crippen LogP contribution in [0, 0.1) is 11.3 Å². The van der Waals surface area contributed by atoms with Gasteiger partial charge < -0.3 is 5.32 Å². The number of hydrogen-bond acceptors (Lipinski definition) is 2. The monoisotopic (exact) mass is 236 g/mol. The van der Waals surface area contributed by atoms with E-state index < -0.39 is 0 Å². The van der Waals surface area contributed by atoms with Crippen LogP contribution in [0.4, 0.5) is 0 Å². The van der Waals surface area contributed by atoms with Gasteiger partial charge in [-0.1, -0.05) is 36.9 Å². The van der Waals surface area contributed by atoms with Crippen LogP contribution in [0.5, 0.6) is 0 Å². The highest BCUT2D eigenvalue weighted by molar-refractivity contribution is 6.10. The molecule has 0 aromatic heterocycles. The molecule has 0 aliphatic heterocycles. The third kappa shape index (κ3) is 1.74. The number of nitrogens with zero attached hydrogens (tertiary/aromatic N) is 1. The highest BCUT2D eigenvalue weighted by Gasteiger charge is 2.16. The van der Waals surface area contributed by atoms with Crippen LogP contribution in [-0.2, 0) is 0 Å². The van der Waals surface area contributed by atoms with Crippen molar-refractivity contribution >= 4 is 22.8 Å². The molecule has 0 fully saturated rings. The number of nitriles is 1. The van der Waals surface area contributed by atoms with Crippen LogP contribution in [0.3, 0.4) is 0 Å². The lowest BCUT2D eigenvalue weighted by Crippen LogP contribution is -2.19. The van der Waals surface area contributed by atoms with E-state index in [0.29, 0.717) is 16.7 Å². The molecule has 18 heavy (non-hydrogen) atoms. The maximum Gasteiger partial charge on any atom is 0.252 e. The smallest absolute Gasteiger partial charge is 0.252 e. The van der Waals surface area contributed by atoms with Crippen molar-refractivity contribution in [1.82, 2.24) is 5.32 Å². The van der Waals surface area contributed by atoms with Gasteiger partial charge in [0.25, 0.3) is 5.91 Å². The lowest BCUT2D eigenvalue weighted by Gasteiger charge is -2.11. The van der Waals surface area contributed by atoms with Gasteiger partial charge >= 0.3 is 0 Å². The molecule has 88 valence electrons. The van der Waals surface area contributed by atoms with E-state index in [0.717, 1.165) is 10.8 Å². The third-order valence-electron chi connectivity index (χ3n) is 2.87. The Morgan fingerprint density at radius 3 is 2.78 bits per heavy atom. The van der Waals surface area contributed by atoms with Gasteiger partial charge in [-0.15, -0.1) is 0 Å². The standard InChI is InChI=1S/C15H12N2O/c1-3-12-11(9-16)8-10-6-4-5-7-13(10)14(12)15(18)17-2/h3-8H,1H2,2H3,(H,17,18). The Morgan fingerprint density at radius 2 is 2.17 bits per heavy atom. The maximum absolute atomic E-state index is 12.0. The first-order valence-electron chi connectivity index (χ1n) is 5.53. The lowest BCUT2D eigenvalue weighted by atomic mass is 9.94. The summed E-state index contributed by atoms with van der Waals surface area (Å²) in [5, 5.41) is 13.5. The van der Waals surface area contributed by atoms with Crippen LogP contribution in [0.2, 0.25) is 0 Å². The zero-order chi connectivity index (χ0) is 13.1. The van der Waals surface area contributed by atoms with Gasteiger partial charge in [0.1, 0.15) is 0 Å². The second-order valence-electron chi connectivity index (χ2n) is 3.83. The summed E-state index contributed by atoms with van der Waals surface area (Å²) < 4.78 is 0. The summed E-state index contributed by atoms with van der Waals surface area (Å²) in [5.74, 6) is -0.210. The zero-order valence-corrected chi connectivity index (χ0v) is 10.0. The average Bonchev–Trinajstić information content (AvgIpc) is 2.44.